The van der Waals surface area contributed by atoms with E-state index in [2.05, 4.69) is 19.2 Å². The van der Waals surface area contributed by atoms with Gasteiger partial charge in [0.05, 0.1) is 6.61 Å². The summed E-state index contributed by atoms with van der Waals surface area (Å²) in [5, 5.41) is 12.2. The van der Waals surface area contributed by atoms with Gasteiger partial charge in [-0.05, 0) is 51.1 Å². The highest BCUT2D eigenvalue weighted by molar-refractivity contribution is 5.69. The number of unbranched alkanes of at least 4 members (excludes halogenated alkanes) is 15. The van der Waals surface area contributed by atoms with Gasteiger partial charge in [-0.25, -0.2) is 0 Å². The number of ether oxygens (including phenoxy) is 1. The topological polar surface area (TPSA) is 58.6 Å². The fraction of sp³-hybridized carbons (Fsp3) is 0.968. The van der Waals surface area contributed by atoms with Crippen molar-refractivity contribution in [2.75, 3.05) is 26.3 Å². The fourth-order valence-corrected chi connectivity index (χ4v) is 4.81. The van der Waals surface area contributed by atoms with Crippen LogP contribution < -0.4 is 5.32 Å². The maximum absolute atomic E-state index is 12.2. The molecule has 0 aromatic rings. The summed E-state index contributed by atoms with van der Waals surface area (Å²) in [6, 6.07) is 0. The van der Waals surface area contributed by atoms with Crippen LogP contribution in [0.2, 0.25) is 0 Å². The van der Waals surface area contributed by atoms with Crippen molar-refractivity contribution in [1.82, 2.24) is 5.32 Å². The van der Waals surface area contributed by atoms with E-state index in [1.54, 1.807) is 0 Å². The second kappa shape index (κ2) is 29.6. The average Bonchev–Trinajstić information content (AvgIpc) is 2.86. The SMILES string of the molecule is CCCCCCCCC(CCCCCCCC)CCOC(=O)CCCCCCCNCCCCO. The highest BCUT2D eigenvalue weighted by Crippen LogP contribution is 2.22. The van der Waals surface area contributed by atoms with Gasteiger partial charge < -0.3 is 15.2 Å². The third kappa shape index (κ3) is 27.8. The van der Waals surface area contributed by atoms with E-state index < -0.39 is 0 Å². The monoisotopic (exact) mass is 497 g/mol. The van der Waals surface area contributed by atoms with Crippen molar-refractivity contribution in [3.63, 3.8) is 0 Å². The fourth-order valence-electron chi connectivity index (χ4n) is 4.81. The van der Waals surface area contributed by atoms with Crippen LogP contribution in [0.25, 0.3) is 0 Å². The maximum atomic E-state index is 12.2. The quantitative estimate of drug-likeness (QED) is 0.0801. The molecule has 0 aromatic carbocycles. The molecule has 0 atom stereocenters. The van der Waals surface area contributed by atoms with Crippen molar-refractivity contribution in [1.29, 1.82) is 0 Å². The molecule has 0 aliphatic heterocycles. The van der Waals surface area contributed by atoms with Crippen LogP contribution in [0, 0.1) is 5.92 Å². The van der Waals surface area contributed by atoms with Crippen LogP contribution in [-0.2, 0) is 9.53 Å². The zero-order valence-corrected chi connectivity index (χ0v) is 23.9. The largest absolute Gasteiger partial charge is 0.466 e. The van der Waals surface area contributed by atoms with Gasteiger partial charge in [0.25, 0.3) is 0 Å². The van der Waals surface area contributed by atoms with Crippen LogP contribution in [0.5, 0.6) is 0 Å². The maximum Gasteiger partial charge on any atom is 0.305 e. The first-order chi connectivity index (χ1) is 17.2. The molecule has 0 saturated heterocycles. The molecule has 4 heteroatoms. The first-order valence-electron chi connectivity index (χ1n) is 15.7. The minimum Gasteiger partial charge on any atom is -0.466 e. The second-order valence-corrected chi connectivity index (χ2v) is 10.7. The summed E-state index contributed by atoms with van der Waals surface area (Å²) in [6.07, 6.45) is 28.3. The van der Waals surface area contributed by atoms with Gasteiger partial charge >= 0.3 is 5.97 Å². The van der Waals surface area contributed by atoms with Crippen LogP contribution in [-0.4, -0.2) is 37.4 Å². The van der Waals surface area contributed by atoms with Crippen LogP contribution in [0.1, 0.15) is 162 Å². The van der Waals surface area contributed by atoms with Gasteiger partial charge in [-0.2, -0.15) is 0 Å². The first kappa shape index (κ1) is 34.4. The van der Waals surface area contributed by atoms with E-state index in [4.69, 9.17) is 9.84 Å². The van der Waals surface area contributed by atoms with E-state index in [0.717, 1.165) is 51.1 Å². The number of carbonyl (C=O) groups excluding carboxylic acids is 1. The third-order valence-electron chi connectivity index (χ3n) is 7.22. The number of nitrogens with one attached hydrogen (secondary N) is 1. The summed E-state index contributed by atoms with van der Waals surface area (Å²) < 4.78 is 5.62. The highest BCUT2D eigenvalue weighted by Gasteiger charge is 2.11. The number of carbonyl (C=O) groups is 1. The van der Waals surface area contributed by atoms with Gasteiger partial charge in [0.1, 0.15) is 0 Å². The van der Waals surface area contributed by atoms with Crippen molar-refractivity contribution < 1.29 is 14.6 Å². The summed E-state index contributed by atoms with van der Waals surface area (Å²) in [4.78, 5) is 12.2. The Kier molecular flexibility index (Phi) is 29.1. The standard InChI is InChI=1S/C31H63NO3/c1-3-5-7-9-12-16-22-30(23-17-13-10-8-6-4-2)25-29-35-31(34)24-18-14-11-15-19-26-32-27-20-21-28-33/h30,32-33H,3-29H2,1-2H3. The van der Waals surface area contributed by atoms with E-state index in [0.29, 0.717) is 19.6 Å². The molecule has 0 aromatic heterocycles. The number of hydrogen-bond acceptors (Lipinski definition) is 4. The number of esters is 1. The van der Waals surface area contributed by atoms with Crippen LogP contribution >= 0.6 is 0 Å². The molecule has 0 aliphatic rings. The molecule has 35 heavy (non-hydrogen) atoms. The number of hydrogen-bond donors (Lipinski definition) is 2. The molecule has 0 spiro atoms. The van der Waals surface area contributed by atoms with Crippen molar-refractivity contribution >= 4 is 5.97 Å². The van der Waals surface area contributed by atoms with Gasteiger partial charge in [0, 0.05) is 13.0 Å². The van der Waals surface area contributed by atoms with Gasteiger partial charge in [-0.3, -0.25) is 4.79 Å². The predicted octanol–water partition coefficient (Wildman–Crippen LogP) is 8.74. The Hall–Kier alpha value is -0.610. The zero-order chi connectivity index (χ0) is 25.7. The predicted molar refractivity (Wildman–Crippen MR) is 152 cm³/mol. The van der Waals surface area contributed by atoms with E-state index in [9.17, 15) is 4.79 Å². The molecule has 0 amide bonds. The van der Waals surface area contributed by atoms with Crippen LogP contribution in [0.3, 0.4) is 0 Å². The van der Waals surface area contributed by atoms with E-state index in [1.165, 1.54) is 109 Å². The molecule has 0 radical (unpaired) electrons. The molecule has 2 N–H and O–H groups in total. The van der Waals surface area contributed by atoms with Gasteiger partial charge in [-0.15, -0.1) is 0 Å². The Balaban J connectivity index is 3.82. The minimum absolute atomic E-state index is 0.00781. The average molecular weight is 498 g/mol. The smallest absolute Gasteiger partial charge is 0.305 e. The highest BCUT2D eigenvalue weighted by atomic mass is 16.5. The molecular weight excluding hydrogens is 434 g/mol. The Morgan fingerprint density at radius 1 is 0.629 bits per heavy atom. The Morgan fingerprint density at radius 2 is 1.11 bits per heavy atom. The van der Waals surface area contributed by atoms with Gasteiger partial charge in [0.15, 0.2) is 0 Å². The van der Waals surface area contributed by atoms with Crippen LogP contribution in [0.4, 0.5) is 0 Å². The number of rotatable bonds is 29. The molecular formula is C31H63NO3. The molecule has 210 valence electrons. The summed E-state index contributed by atoms with van der Waals surface area (Å²) in [7, 11) is 0. The Bertz CT molecular complexity index is 400. The lowest BCUT2D eigenvalue weighted by Gasteiger charge is -2.17. The molecule has 0 rings (SSSR count). The zero-order valence-electron chi connectivity index (χ0n) is 23.9. The van der Waals surface area contributed by atoms with Crippen molar-refractivity contribution in [2.45, 2.75) is 162 Å². The molecule has 0 fully saturated rings. The van der Waals surface area contributed by atoms with Crippen molar-refractivity contribution in [3.05, 3.63) is 0 Å². The normalized spacial score (nSPS) is 11.4. The van der Waals surface area contributed by atoms with E-state index in [-0.39, 0.29) is 5.97 Å². The van der Waals surface area contributed by atoms with Crippen molar-refractivity contribution in [2.24, 2.45) is 5.92 Å². The molecule has 0 bridgehead atoms. The second-order valence-electron chi connectivity index (χ2n) is 10.7. The molecule has 0 saturated carbocycles. The number of aliphatic hydroxyl groups excluding tert-OH is 1. The molecule has 0 unspecified atom stereocenters. The lowest BCUT2D eigenvalue weighted by atomic mass is 9.91. The van der Waals surface area contributed by atoms with Crippen molar-refractivity contribution in [3.8, 4) is 0 Å². The van der Waals surface area contributed by atoms with Crippen LogP contribution in [0.15, 0.2) is 0 Å². The first-order valence-corrected chi connectivity index (χ1v) is 15.7. The summed E-state index contributed by atoms with van der Waals surface area (Å²) in [6.45, 7) is 7.54. The summed E-state index contributed by atoms with van der Waals surface area (Å²) in [5.41, 5.74) is 0. The molecule has 0 aliphatic carbocycles. The third-order valence-corrected chi connectivity index (χ3v) is 7.22. The Labute approximate surface area is 219 Å². The van der Waals surface area contributed by atoms with Gasteiger partial charge in [-0.1, -0.05) is 123 Å². The van der Waals surface area contributed by atoms with E-state index in [1.807, 2.05) is 0 Å². The lowest BCUT2D eigenvalue weighted by molar-refractivity contribution is -0.144. The Morgan fingerprint density at radius 3 is 1.69 bits per heavy atom. The minimum atomic E-state index is 0.00781. The summed E-state index contributed by atoms with van der Waals surface area (Å²) in [5.74, 6) is 0.742. The van der Waals surface area contributed by atoms with Gasteiger partial charge in [0.2, 0.25) is 0 Å². The summed E-state index contributed by atoms with van der Waals surface area (Å²) >= 11 is 0. The lowest BCUT2D eigenvalue weighted by Crippen LogP contribution is -2.16. The molecule has 0 heterocycles. The number of aliphatic hydroxyl groups is 1. The molecule has 4 nitrogen and oxygen atoms in total. The van der Waals surface area contributed by atoms with E-state index >= 15 is 0 Å².